The number of nitrogens with one attached hydrogen (secondary N) is 1. The Bertz CT molecular complexity index is 1780. The zero-order valence-corrected chi connectivity index (χ0v) is 25.2. The van der Waals surface area contributed by atoms with E-state index >= 15 is 0 Å². The molecule has 0 bridgehead atoms. The van der Waals surface area contributed by atoms with Crippen molar-refractivity contribution in [3.8, 4) is 16.9 Å². The quantitative estimate of drug-likeness (QED) is 0.255. The van der Waals surface area contributed by atoms with E-state index in [1.165, 1.54) is 5.69 Å². The number of fused-ring (bicyclic) bond motifs is 4. The van der Waals surface area contributed by atoms with Gasteiger partial charge in [0.25, 0.3) is 0 Å². The molecule has 1 unspecified atom stereocenters. The van der Waals surface area contributed by atoms with Crippen molar-refractivity contribution in [3.05, 3.63) is 70.7 Å². The van der Waals surface area contributed by atoms with Gasteiger partial charge in [0.2, 0.25) is 0 Å². The number of ether oxygens (including phenoxy) is 1. The van der Waals surface area contributed by atoms with Gasteiger partial charge in [-0.1, -0.05) is 30.3 Å². The minimum absolute atomic E-state index is 0.108. The van der Waals surface area contributed by atoms with E-state index in [-0.39, 0.29) is 12.0 Å². The van der Waals surface area contributed by atoms with Crippen LogP contribution in [0.15, 0.2) is 52.0 Å². The molecule has 2 aromatic carbocycles. The molecule has 41 heavy (non-hydrogen) atoms. The van der Waals surface area contributed by atoms with Gasteiger partial charge in [-0.25, -0.2) is 4.98 Å². The summed E-state index contributed by atoms with van der Waals surface area (Å²) in [5.74, 6) is 2.72. The van der Waals surface area contributed by atoms with Crippen LogP contribution in [0.5, 0.6) is 5.75 Å². The second-order valence-corrected chi connectivity index (χ2v) is 11.5. The number of rotatable bonds is 7. The number of likely N-dealkylation sites (N-methyl/N-ethyl adjacent to an activating group) is 2. The smallest absolute Gasteiger partial charge is 0.141 e. The lowest BCUT2D eigenvalue weighted by Gasteiger charge is -2.27. The fourth-order valence-corrected chi connectivity index (χ4v) is 5.91. The Balaban J connectivity index is 1.59. The molecule has 2 atom stereocenters. The molecule has 0 saturated carbocycles. The molecule has 3 aromatic heterocycles. The van der Waals surface area contributed by atoms with Crippen LogP contribution in [0.2, 0.25) is 0 Å². The molecule has 0 fully saturated rings. The number of hydrogen-bond donors (Lipinski definition) is 1. The van der Waals surface area contributed by atoms with Crippen molar-refractivity contribution in [1.29, 1.82) is 0 Å². The van der Waals surface area contributed by atoms with Gasteiger partial charge in [-0.2, -0.15) is 0 Å². The van der Waals surface area contributed by atoms with E-state index in [1.807, 2.05) is 19.9 Å². The monoisotopic (exact) mass is 550 g/mol. The summed E-state index contributed by atoms with van der Waals surface area (Å²) in [5, 5.41) is 6.37. The highest BCUT2D eigenvalue weighted by molar-refractivity contribution is 6.25. The number of para-hydroxylation sites is 1. The third kappa shape index (κ3) is 4.56. The molecule has 1 aliphatic rings. The van der Waals surface area contributed by atoms with Crippen molar-refractivity contribution in [3.63, 3.8) is 0 Å². The molecule has 0 aliphatic carbocycles. The first-order valence-electron chi connectivity index (χ1n) is 14.2. The first-order valence-corrected chi connectivity index (χ1v) is 14.2. The topological polar surface area (TPSA) is 82.8 Å². The summed E-state index contributed by atoms with van der Waals surface area (Å²) in [6.45, 7) is 10.2. The number of pyridine rings is 1. The molecule has 0 saturated heterocycles. The summed E-state index contributed by atoms with van der Waals surface area (Å²) in [4.78, 5) is 18.6. The van der Waals surface area contributed by atoms with E-state index in [1.54, 1.807) is 7.11 Å². The third-order valence-corrected chi connectivity index (χ3v) is 8.43. The average molecular weight is 551 g/mol. The van der Waals surface area contributed by atoms with Gasteiger partial charge in [0.1, 0.15) is 17.3 Å². The number of aromatic amines is 1. The van der Waals surface area contributed by atoms with Crippen molar-refractivity contribution in [1.82, 2.24) is 20.0 Å². The second kappa shape index (κ2) is 10.3. The minimum atomic E-state index is 0.108. The number of nitrogens with zero attached hydrogens (tertiary/aromatic N) is 5. The molecule has 8 heteroatoms. The highest BCUT2D eigenvalue weighted by Gasteiger charge is 2.32. The lowest BCUT2D eigenvalue weighted by molar-refractivity contribution is 0.393. The summed E-state index contributed by atoms with van der Waals surface area (Å²) in [7, 11) is 8.01. The zero-order chi connectivity index (χ0) is 29.0. The van der Waals surface area contributed by atoms with E-state index in [4.69, 9.17) is 19.2 Å². The Morgan fingerprint density at radius 1 is 0.951 bits per heavy atom. The van der Waals surface area contributed by atoms with E-state index in [0.29, 0.717) is 0 Å². The zero-order valence-electron chi connectivity index (χ0n) is 25.2. The molecule has 1 aliphatic heterocycles. The largest absolute Gasteiger partial charge is 0.496 e. The van der Waals surface area contributed by atoms with Crippen molar-refractivity contribution < 1.29 is 9.26 Å². The van der Waals surface area contributed by atoms with Crippen LogP contribution in [0.1, 0.15) is 48.0 Å². The van der Waals surface area contributed by atoms with E-state index in [0.717, 1.165) is 85.9 Å². The van der Waals surface area contributed by atoms with Crippen molar-refractivity contribution in [2.24, 2.45) is 4.99 Å². The predicted molar refractivity (Wildman–Crippen MR) is 167 cm³/mol. The first-order chi connectivity index (χ1) is 19.7. The summed E-state index contributed by atoms with van der Waals surface area (Å²) in [6, 6.07) is 15.0. The van der Waals surface area contributed by atoms with Crippen LogP contribution in [0.25, 0.3) is 32.9 Å². The van der Waals surface area contributed by atoms with Crippen LogP contribution in [-0.4, -0.2) is 73.1 Å². The Morgan fingerprint density at radius 2 is 1.73 bits per heavy atom. The molecular formula is C33H38N6O2. The van der Waals surface area contributed by atoms with Crippen LogP contribution in [0.3, 0.4) is 0 Å². The van der Waals surface area contributed by atoms with Crippen LogP contribution < -0.4 is 9.64 Å². The van der Waals surface area contributed by atoms with E-state index in [2.05, 4.69) is 91.3 Å². The molecule has 1 N–H and O–H groups in total. The van der Waals surface area contributed by atoms with Gasteiger partial charge < -0.3 is 24.0 Å². The van der Waals surface area contributed by atoms with Crippen LogP contribution >= 0.6 is 0 Å². The van der Waals surface area contributed by atoms with E-state index < -0.39 is 0 Å². The molecule has 5 aromatic rings. The van der Waals surface area contributed by atoms with Crippen LogP contribution in [0.4, 0.5) is 5.82 Å². The average Bonchev–Trinajstić information content (AvgIpc) is 3.50. The molecule has 0 amide bonds. The molecule has 6 rings (SSSR count). The molecule has 4 heterocycles. The van der Waals surface area contributed by atoms with Gasteiger partial charge in [0.15, 0.2) is 0 Å². The summed E-state index contributed by atoms with van der Waals surface area (Å²) < 4.78 is 11.5. The lowest BCUT2D eigenvalue weighted by atomic mass is 9.86. The van der Waals surface area contributed by atoms with Gasteiger partial charge in [-0.3, -0.25) is 4.99 Å². The highest BCUT2D eigenvalue weighted by atomic mass is 16.5. The predicted octanol–water partition coefficient (Wildman–Crippen LogP) is 6.34. The van der Waals surface area contributed by atoms with Crippen LogP contribution in [-0.2, 0) is 0 Å². The number of aryl methyl sites for hydroxylation is 2. The molecule has 0 spiro atoms. The number of anilines is 1. The maximum atomic E-state index is 5.96. The maximum absolute atomic E-state index is 5.96. The van der Waals surface area contributed by atoms with Crippen molar-refractivity contribution >= 4 is 33.3 Å². The number of benzene rings is 2. The van der Waals surface area contributed by atoms with Gasteiger partial charge in [0.05, 0.1) is 35.6 Å². The summed E-state index contributed by atoms with van der Waals surface area (Å²) >= 11 is 0. The van der Waals surface area contributed by atoms with Crippen molar-refractivity contribution in [2.45, 2.75) is 39.7 Å². The second-order valence-electron chi connectivity index (χ2n) is 11.5. The van der Waals surface area contributed by atoms with Crippen molar-refractivity contribution in [2.75, 3.05) is 46.2 Å². The number of aliphatic imine (C=N–C) groups is 1. The minimum Gasteiger partial charge on any atom is -0.496 e. The number of methoxy groups -OCH3 is 1. The number of H-pyrrole nitrogens is 1. The fourth-order valence-electron chi connectivity index (χ4n) is 5.91. The summed E-state index contributed by atoms with van der Waals surface area (Å²) in [5.41, 5.74) is 9.19. The van der Waals surface area contributed by atoms with E-state index in [9.17, 15) is 0 Å². The van der Waals surface area contributed by atoms with Gasteiger partial charge in [-0.05, 0) is 59.1 Å². The maximum Gasteiger partial charge on any atom is 0.141 e. The molecule has 8 nitrogen and oxygen atoms in total. The van der Waals surface area contributed by atoms with Gasteiger partial charge in [0, 0.05) is 64.7 Å². The number of hydrogen-bond acceptors (Lipinski definition) is 7. The lowest BCUT2D eigenvalue weighted by Crippen LogP contribution is -2.29. The summed E-state index contributed by atoms with van der Waals surface area (Å²) in [6.07, 6.45) is 0. The Hall–Kier alpha value is -4.17. The molecule has 0 radical (unpaired) electrons. The molecular weight excluding hydrogens is 512 g/mol. The molecule has 212 valence electrons. The van der Waals surface area contributed by atoms with Gasteiger partial charge >= 0.3 is 0 Å². The standard InChI is InChI=1S/C33H38N6O2/c1-18-19(2)34-33(23-17-29(39(7)14-13-38(5)6)35-26-12-10-9-11-22(23)26)31-24-16-28(40-8)25(15-27(24)36-32(18)31)30-20(3)37-41-21(30)4/h9-12,15-19,36H,13-14H2,1-8H3/t18-,19?/m1/s1. The first kappa shape index (κ1) is 27.0. The fraction of sp³-hybridized carbons (Fsp3) is 0.364. The highest BCUT2D eigenvalue weighted by Crippen LogP contribution is 2.43. The SMILES string of the molecule is COc1cc2c3c([nH]c2cc1-c1c(C)noc1C)[C@H](C)C(C)N=C3c1cc(N(C)CCN(C)C)nc2ccccc12. The van der Waals surface area contributed by atoms with Gasteiger partial charge in [-0.15, -0.1) is 0 Å². The normalized spacial score (nSPS) is 16.9. The third-order valence-electron chi connectivity index (χ3n) is 8.43. The Labute approximate surface area is 241 Å². The Morgan fingerprint density at radius 3 is 2.44 bits per heavy atom. The Kier molecular flexibility index (Phi) is 6.82. The van der Waals surface area contributed by atoms with Crippen LogP contribution in [0, 0.1) is 13.8 Å². The number of aromatic nitrogens is 3.